The smallest absolute Gasteiger partial charge is 0.395 e. The number of ketones is 1. The van der Waals surface area contributed by atoms with E-state index in [0.29, 0.717) is 13.1 Å². The van der Waals surface area contributed by atoms with Crippen molar-refractivity contribution in [1.82, 2.24) is 15.1 Å². The van der Waals surface area contributed by atoms with Crippen LogP contribution in [-0.2, 0) is 11.0 Å². The number of carbonyl (C=O) groups is 2. The number of benzene rings is 1. The maximum atomic E-state index is 12.8. The maximum absolute atomic E-state index is 12.8. The number of β-amino-alcohol motifs (C(OH)–C–C–N with tert-alkyl or cyclic N) is 1. The van der Waals surface area contributed by atoms with Gasteiger partial charge in [-0.1, -0.05) is 0 Å². The zero-order chi connectivity index (χ0) is 21.0. The number of hydrogen-bond acceptors (Lipinski definition) is 6. The van der Waals surface area contributed by atoms with Crippen molar-refractivity contribution in [3.8, 4) is 0 Å². The summed E-state index contributed by atoms with van der Waals surface area (Å²) in [6.45, 7) is 5.53. The van der Waals surface area contributed by atoms with Crippen LogP contribution in [0.5, 0.6) is 0 Å². The van der Waals surface area contributed by atoms with E-state index in [4.69, 9.17) is 5.11 Å². The average molecular weight is 412 g/mol. The molecule has 2 aliphatic heterocycles. The highest BCUT2D eigenvalue weighted by Gasteiger charge is 2.34. The molecule has 0 saturated carbocycles. The third-order valence-corrected chi connectivity index (χ3v) is 5.03. The van der Waals surface area contributed by atoms with Gasteiger partial charge in [-0.05, 0) is 18.2 Å². The minimum atomic E-state index is -4.55. The van der Waals surface area contributed by atoms with E-state index < -0.39 is 23.4 Å². The lowest BCUT2D eigenvalue weighted by atomic mass is 9.96. The van der Waals surface area contributed by atoms with Crippen LogP contribution >= 0.6 is 0 Å². The highest BCUT2D eigenvalue weighted by atomic mass is 19.4. The first kappa shape index (κ1) is 21.3. The zero-order valence-corrected chi connectivity index (χ0v) is 15.8. The monoisotopic (exact) mass is 412 g/mol. The molecule has 0 aromatic heterocycles. The van der Waals surface area contributed by atoms with E-state index in [2.05, 4.69) is 20.4 Å². The van der Waals surface area contributed by atoms with Crippen LogP contribution in [0.15, 0.2) is 30.0 Å². The first-order valence-electron chi connectivity index (χ1n) is 9.36. The van der Waals surface area contributed by atoms with Crippen LogP contribution in [0.4, 0.5) is 18.9 Å². The number of nitrogens with one attached hydrogen (secondary N) is 2. The van der Waals surface area contributed by atoms with Crippen LogP contribution in [-0.4, -0.2) is 79.0 Å². The molecule has 1 aromatic rings. The summed E-state index contributed by atoms with van der Waals surface area (Å²) in [5.74, 6) is -1.34. The van der Waals surface area contributed by atoms with Crippen molar-refractivity contribution in [2.24, 2.45) is 0 Å². The van der Waals surface area contributed by atoms with Crippen molar-refractivity contribution < 1.29 is 27.9 Å². The van der Waals surface area contributed by atoms with E-state index >= 15 is 0 Å². The lowest BCUT2D eigenvalue weighted by Crippen LogP contribution is -2.48. The minimum absolute atomic E-state index is 0.0330. The Morgan fingerprint density at radius 1 is 1.10 bits per heavy atom. The molecule has 158 valence electrons. The number of Topliss-reactive ketones (excluding diaryl/α,β-unsaturated/α-hetero) is 1. The Balaban J connectivity index is 1.56. The SMILES string of the molecule is O=C1Nc2cc(C(F)(F)F)ccc2C(=O)/C1=C\NCCN1CCN(CCO)CC1. The molecule has 0 aliphatic carbocycles. The van der Waals surface area contributed by atoms with Gasteiger partial charge in [0.05, 0.1) is 17.9 Å². The number of alkyl halides is 3. The van der Waals surface area contributed by atoms with Gasteiger partial charge in [-0.3, -0.25) is 19.4 Å². The first-order valence-corrected chi connectivity index (χ1v) is 9.36. The number of nitrogens with zero attached hydrogens (tertiary/aromatic N) is 2. The number of aliphatic hydroxyl groups is 1. The number of fused-ring (bicyclic) bond motifs is 1. The summed E-state index contributed by atoms with van der Waals surface area (Å²) < 4.78 is 38.4. The molecule has 7 nitrogen and oxygen atoms in total. The molecule has 0 atom stereocenters. The number of piperazine rings is 1. The van der Waals surface area contributed by atoms with Gasteiger partial charge >= 0.3 is 6.18 Å². The van der Waals surface area contributed by atoms with E-state index in [1.54, 1.807) is 0 Å². The summed E-state index contributed by atoms with van der Waals surface area (Å²) in [5, 5.41) is 14.3. The molecule has 1 fully saturated rings. The number of anilines is 1. The molecule has 0 bridgehead atoms. The summed E-state index contributed by atoms with van der Waals surface area (Å²) in [6, 6.07) is 2.68. The molecular weight excluding hydrogens is 389 g/mol. The molecule has 1 saturated heterocycles. The quantitative estimate of drug-likeness (QED) is 0.366. The molecule has 1 amide bonds. The Morgan fingerprint density at radius 2 is 1.76 bits per heavy atom. The van der Waals surface area contributed by atoms with Crippen molar-refractivity contribution in [3.63, 3.8) is 0 Å². The summed E-state index contributed by atoms with van der Waals surface area (Å²) in [4.78, 5) is 29.1. The molecule has 3 rings (SSSR count). The largest absolute Gasteiger partial charge is 0.416 e. The standard InChI is InChI=1S/C19H23F3N4O3/c20-19(21,22)13-1-2-14-16(11-13)24-18(29)15(17(14)28)12-23-3-4-25-5-7-26(8-6-25)9-10-27/h1-2,11-12,23,27H,3-10H2,(H,24,29)/b15-12+. The van der Waals surface area contributed by atoms with E-state index in [0.717, 1.165) is 50.9 Å². The van der Waals surface area contributed by atoms with Crippen molar-refractivity contribution in [3.05, 3.63) is 41.1 Å². The fraction of sp³-hybridized carbons (Fsp3) is 0.474. The van der Waals surface area contributed by atoms with Crippen LogP contribution in [0, 0.1) is 0 Å². The summed E-state index contributed by atoms with van der Waals surface area (Å²) in [7, 11) is 0. The molecule has 29 heavy (non-hydrogen) atoms. The predicted octanol–water partition coefficient (Wildman–Crippen LogP) is 0.924. The van der Waals surface area contributed by atoms with Crippen molar-refractivity contribution in [1.29, 1.82) is 0 Å². The third kappa shape index (κ3) is 5.14. The molecule has 0 spiro atoms. The normalized spacial score (nSPS) is 19.9. The second kappa shape index (κ2) is 8.93. The number of rotatable bonds is 6. The molecule has 1 aromatic carbocycles. The number of halogens is 3. The van der Waals surface area contributed by atoms with Gasteiger partial charge in [0.15, 0.2) is 0 Å². The van der Waals surface area contributed by atoms with Gasteiger partial charge in [-0.2, -0.15) is 13.2 Å². The lowest BCUT2D eigenvalue weighted by molar-refractivity contribution is -0.137. The first-order chi connectivity index (χ1) is 13.8. The highest BCUT2D eigenvalue weighted by molar-refractivity contribution is 6.33. The Labute approximate surface area is 166 Å². The lowest BCUT2D eigenvalue weighted by Gasteiger charge is -2.34. The Hall–Kier alpha value is -2.43. The van der Waals surface area contributed by atoms with Crippen molar-refractivity contribution >= 4 is 17.4 Å². The number of amides is 1. The molecule has 2 aliphatic rings. The molecule has 3 N–H and O–H groups in total. The Kier molecular flexibility index (Phi) is 6.56. The summed E-state index contributed by atoms with van der Waals surface area (Å²) in [6.07, 6.45) is -3.23. The van der Waals surface area contributed by atoms with Crippen LogP contribution in [0.1, 0.15) is 15.9 Å². The molecular formula is C19H23F3N4O3. The fourth-order valence-corrected chi connectivity index (χ4v) is 3.37. The number of aliphatic hydroxyl groups excluding tert-OH is 1. The second-order valence-electron chi connectivity index (χ2n) is 6.96. The van der Waals surface area contributed by atoms with Crippen LogP contribution < -0.4 is 10.6 Å². The summed E-state index contributed by atoms with van der Waals surface area (Å²) >= 11 is 0. The number of carbonyl (C=O) groups excluding carboxylic acids is 2. The van der Waals surface area contributed by atoms with Gasteiger partial charge in [0.25, 0.3) is 5.91 Å². The van der Waals surface area contributed by atoms with E-state index in [-0.39, 0.29) is 23.4 Å². The van der Waals surface area contributed by atoms with Gasteiger partial charge in [0.1, 0.15) is 5.57 Å². The van der Waals surface area contributed by atoms with Crippen molar-refractivity contribution in [2.75, 3.05) is 57.7 Å². The van der Waals surface area contributed by atoms with Gasteiger partial charge in [-0.25, -0.2) is 0 Å². The van der Waals surface area contributed by atoms with Gasteiger partial charge < -0.3 is 15.7 Å². The van der Waals surface area contributed by atoms with Crippen LogP contribution in [0.3, 0.4) is 0 Å². The van der Waals surface area contributed by atoms with E-state index in [1.165, 1.54) is 6.20 Å². The Morgan fingerprint density at radius 3 is 2.38 bits per heavy atom. The third-order valence-electron chi connectivity index (χ3n) is 5.03. The minimum Gasteiger partial charge on any atom is -0.395 e. The maximum Gasteiger partial charge on any atom is 0.416 e. The zero-order valence-electron chi connectivity index (χ0n) is 15.8. The summed E-state index contributed by atoms with van der Waals surface area (Å²) in [5.41, 5.74) is -1.16. The fourth-order valence-electron chi connectivity index (χ4n) is 3.37. The predicted molar refractivity (Wildman–Crippen MR) is 100 cm³/mol. The van der Waals surface area contributed by atoms with E-state index in [9.17, 15) is 22.8 Å². The molecule has 2 heterocycles. The van der Waals surface area contributed by atoms with Crippen LogP contribution in [0.2, 0.25) is 0 Å². The average Bonchev–Trinajstić information content (AvgIpc) is 2.67. The molecule has 0 radical (unpaired) electrons. The van der Waals surface area contributed by atoms with Crippen LogP contribution in [0.25, 0.3) is 0 Å². The van der Waals surface area contributed by atoms with Gasteiger partial charge in [0, 0.05) is 57.6 Å². The molecule has 10 heteroatoms. The van der Waals surface area contributed by atoms with Gasteiger partial charge in [-0.15, -0.1) is 0 Å². The topological polar surface area (TPSA) is 84.9 Å². The second-order valence-corrected chi connectivity index (χ2v) is 6.96. The molecule has 0 unspecified atom stereocenters. The van der Waals surface area contributed by atoms with Crippen molar-refractivity contribution in [2.45, 2.75) is 6.18 Å². The Bertz CT molecular complexity index is 802. The highest BCUT2D eigenvalue weighted by Crippen LogP contribution is 2.34. The van der Waals surface area contributed by atoms with E-state index in [1.807, 2.05) is 0 Å². The van der Waals surface area contributed by atoms with Gasteiger partial charge in [0.2, 0.25) is 5.78 Å². The number of hydrogen-bond donors (Lipinski definition) is 3.